The number of rotatable bonds is 2. The van der Waals surface area contributed by atoms with Gasteiger partial charge in [-0.25, -0.2) is 4.98 Å². The van der Waals surface area contributed by atoms with Gasteiger partial charge in [-0.3, -0.25) is 4.79 Å². The monoisotopic (exact) mass is 281 g/mol. The molecule has 1 aliphatic heterocycles. The summed E-state index contributed by atoms with van der Waals surface area (Å²) in [6, 6.07) is 3.60. The third-order valence-electron chi connectivity index (χ3n) is 2.55. The van der Waals surface area contributed by atoms with Gasteiger partial charge in [-0.15, -0.1) is 0 Å². The van der Waals surface area contributed by atoms with E-state index in [9.17, 15) is 4.79 Å². The summed E-state index contributed by atoms with van der Waals surface area (Å²) in [5.74, 6) is -0.0646. The zero-order chi connectivity index (χ0) is 11.5. The molecule has 2 rings (SSSR count). The molecule has 2 heterocycles. The highest BCUT2D eigenvalue weighted by Crippen LogP contribution is 2.19. The second kappa shape index (κ2) is 4.76. The van der Waals surface area contributed by atoms with Crippen LogP contribution < -0.4 is 10.6 Å². The fourth-order valence-electron chi connectivity index (χ4n) is 1.37. The van der Waals surface area contributed by atoms with E-state index in [0.717, 1.165) is 24.2 Å². The normalized spacial score (nSPS) is 14.2. The van der Waals surface area contributed by atoms with Crippen molar-refractivity contribution in [1.29, 1.82) is 0 Å². The fourth-order valence-corrected chi connectivity index (χ4v) is 1.72. The van der Waals surface area contributed by atoms with Crippen LogP contribution in [0.15, 0.2) is 34.1 Å². The minimum Gasteiger partial charge on any atom is -0.320 e. The molecule has 1 aliphatic rings. The number of halogens is 1. The van der Waals surface area contributed by atoms with Gasteiger partial charge in [0, 0.05) is 24.9 Å². The molecule has 0 bridgehead atoms. The summed E-state index contributed by atoms with van der Waals surface area (Å²) in [4.78, 5) is 15.9. The molecule has 0 aromatic carbocycles. The Morgan fingerprint density at radius 2 is 2.31 bits per heavy atom. The molecular formula is C11H12BrN3O. The Bertz CT molecular complexity index is 450. The average molecular weight is 282 g/mol. The number of nitrogens with zero attached hydrogens (tertiary/aromatic N) is 1. The molecule has 1 aromatic rings. The van der Waals surface area contributed by atoms with Crippen molar-refractivity contribution >= 4 is 27.5 Å². The maximum atomic E-state index is 11.9. The number of amides is 1. The van der Waals surface area contributed by atoms with Crippen molar-refractivity contribution in [2.45, 2.75) is 6.92 Å². The van der Waals surface area contributed by atoms with Gasteiger partial charge in [0.15, 0.2) is 0 Å². The van der Waals surface area contributed by atoms with Crippen LogP contribution in [0.1, 0.15) is 6.92 Å². The number of aromatic nitrogens is 1. The van der Waals surface area contributed by atoms with Crippen molar-refractivity contribution in [2.75, 3.05) is 18.4 Å². The molecule has 84 valence electrons. The van der Waals surface area contributed by atoms with Crippen molar-refractivity contribution in [3.63, 3.8) is 0 Å². The predicted molar refractivity (Wildman–Crippen MR) is 66.1 cm³/mol. The van der Waals surface area contributed by atoms with Crippen LogP contribution in [0, 0.1) is 0 Å². The summed E-state index contributed by atoms with van der Waals surface area (Å²) in [6.45, 7) is 3.47. The Balaban J connectivity index is 2.11. The topological polar surface area (TPSA) is 54.0 Å². The third-order valence-corrected chi connectivity index (χ3v) is 3.19. The minimum absolute atomic E-state index is 0.0646. The third kappa shape index (κ3) is 2.31. The van der Waals surface area contributed by atoms with Gasteiger partial charge in [0.2, 0.25) is 0 Å². The smallest absolute Gasteiger partial charge is 0.251 e. The number of hydrogen-bond acceptors (Lipinski definition) is 3. The van der Waals surface area contributed by atoms with Crippen molar-refractivity contribution < 1.29 is 4.79 Å². The first-order chi connectivity index (χ1) is 7.68. The van der Waals surface area contributed by atoms with Crippen LogP contribution in [0.3, 0.4) is 0 Å². The van der Waals surface area contributed by atoms with Gasteiger partial charge in [0.05, 0.1) is 5.69 Å². The second-order valence-electron chi connectivity index (χ2n) is 3.63. The van der Waals surface area contributed by atoms with Crippen LogP contribution in [0.25, 0.3) is 0 Å². The molecule has 0 unspecified atom stereocenters. The molecule has 4 nitrogen and oxygen atoms in total. The van der Waals surface area contributed by atoms with E-state index in [4.69, 9.17) is 0 Å². The Hall–Kier alpha value is -1.20. The first-order valence-corrected chi connectivity index (χ1v) is 5.79. The lowest BCUT2D eigenvalue weighted by atomic mass is 10.0. The highest BCUT2D eigenvalue weighted by Gasteiger charge is 2.16. The molecule has 0 aliphatic carbocycles. The van der Waals surface area contributed by atoms with Gasteiger partial charge in [-0.2, -0.15) is 0 Å². The lowest BCUT2D eigenvalue weighted by Crippen LogP contribution is -2.36. The Labute approximate surface area is 102 Å². The summed E-state index contributed by atoms with van der Waals surface area (Å²) in [5.41, 5.74) is 2.65. The molecular weight excluding hydrogens is 270 g/mol. The van der Waals surface area contributed by atoms with E-state index < -0.39 is 0 Å². The number of pyridine rings is 1. The zero-order valence-electron chi connectivity index (χ0n) is 8.88. The molecule has 0 radical (unpaired) electrons. The highest BCUT2D eigenvalue weighted by molar-refractivity contribution is 9.10. The fraction of sp³-hybridized carbons (Fsp3) is 0.273. The highest BCUT2D eigenvalue weighted by atomic mass is 79.9. The van der Waals surface area contributed by atoms with Crippen molar-refractivity contribution in [3.05, 3.63) is 34.1 Å². The molecule has 0 saturated carbocycles. The Morgan fingerprint density at radius 3 is 2.88 bits per heavy atom. The van der Waals surface area contributed by atoms with E-state index >= 15 is 0 Å². The Morgan fingerprint density at radius 1 is 1.56 bits per heavy atom. The molecule has 5 heteroatoms. The summed E-state index contributed by atoms with van der Waals surface area (Å²) < 4.78 is 0.646. The predicted octanol–water partition coefficient (Wildman–Crippen LogP) is 1.70. The Kier molecular flexibility index (Phi) is 3.36. The molecule has 1 saturated heterocycles. The average Bonchev–Trinajstić information content (AvgIpc) is 2.18. The maximum Gasteiger partial charge on any atom is 0.251 e. The lowest BCUT2D eigenvalue weighted by molar-refractivity contribution is -0.112. The van der Waals surface area contributed by atoms with E-state index in [1.165, 1.54) is 0 Å². The molecule has 1 amide bonds. The quantitative estimate of drug-likeness (QED) is 0.641. The molecule has 2 N–H and O–H groups in total. The number of carbonyl (C=O) groups excluding carboxylic acids is 1. The molecule has 1 aromatic heterocycles. The maximum absolute atomic E-state index is 11.9. The number of nitrogens with one attached hydrogen (secondary N) is 2. The SMILES string of the molecule is CC(C(=O)Nc1cccnc1Br)=C1CNC1. The van der Waals surface area contributed by atoms with Gasteiger partial charge in [0.25, 0.3) is 5.91 Å². The van der Waals surface area contributed by atoms with Gasteiger partial charge < -0.3 is 10.6 Å². The standard InChI is InChI=1S/C11H12BrN3O/c1-7(8-5-13-6-8)11(16)15-9-3-2-4-14-10(9)12/h2-4,13H,5-6H2,1H3,(H,15,16). The summed E-state index contributed by atoms with van der Waals surface area (Å²) in [7, 11) is 0. The van der Waals surface area contributed by atoms with E-state index in [0.29, 0.717) is 10.3 Å². The summed E-state index contributed by atoms with van der Waals surface area (Å²) in [5, 5.41) is 5.94. The van der Waals surface area contributed by atoms with E-state index in [-0.39, 0.29) is 5.91 Å². The van der Waals surface area contributed by atoms with Crippen molar-refractivity contribution in [3.8, 4) is 0 Å². The van der Waals surface area contributed by atoms with Crippen LogP contribution in [0.2, 0.25) is 0 Å². The van der Waals surface area contributed by atoms with Gasteiger partial charge in [-0.05, 0) is 40.6 Å². The molecule has 1 fully saturated rings. The molecule has 0 atom stereocenters. The molecule has 16 heavy (non-hydrogen) atoms. The van der Waals surface area contributed by atoms with Gasteiger partial charge in [0.1, 0.15) is 4.60 Å². The first-order valence-electron chi connectivity index (χ1n) is 4.99. The summed E-state index contributed by atoms with van der Waals surface area (Å²) >= 11 is 3.29. The lowest BCUT2D eigenvalue weighted by Gasteiger charge is -2.21. The van der Waals surface area contributed by atoms with Gasteiger partial charge >= 0.3 is 0 Å². The van der Waals surface area contributed by atoms with Crippen LogP contribution in [-0.2, 0) is 4.79 Å². The van der Waals surface area contributed by atoms with Crippen LogP contribution in [0.5, 0.6) is 0 Å². The van der Waals surface area contributed by atoms with Crippen LogP contribution >= 0.6 is 15.9 Å². The van der Waals surface area contributed by atoms with E-state index in [1.807, 2.05) is 13.0 Å². The van der Waals surface area contributed by atoms with Crippen molar-refractivity contribution in [1.82, 2.24) is 10.3 Å². The zero-order valence-corrected chi connectivity index (χ0v) is 10.5. The number of hydrogen-bond donors (Lipinski definition) is 2. The number of carbonyl (C=O) groups is 1. The minimum atomic E-state index is -0.0646. The largest absolute Gasteiger partial charge is 0.320 e. The van der Waals surface area contributed by atoms with Gasteiger partial charge in [-0.1, -0.05) is 0 Å². The first kappa shape index (κ1) is 11.3. The van der Waals surface area contributed by atoms with Crippen molar-refractivity contribution in [2.24, 2.45) is 0 Å². The second-order valence-corrected chi connectivity index (χ2v) is 4.38. The summed E-state index contributed by atoms with van der Waals surface area (Å²) in [6.07, 6.45) is 1.67. The molecule has 0 spiro atoms. The van der Waals surface area contributed by atoms with E-state index in [1.54, 1.807) is 12.3 Å². The van der Waals surface area contributed by atoms with E-state index in [2.05, 4.69) is 31.5 Å². The number of anilines is 1. The van der Waals surface area contributed by atoms with Crippen LogP contribution in [-0.4, -0.2) is 24.0 Å². The van der Waals surface area contributed by atoms with Crippen LogP contribution in [0.4, 0.5) is 5.69 Å².